The maximum absolute atomic E-state index is 12.1. The SMILES string of the molecule is CC(C)COCCCNC(=O)C1CCCCCC1N. The van der Waals surface area contributed by atoms with E-state index in [0.29, 0.717) is 12.5 Å². The average molecular weight is 270 g/mol. The first-order valence-corrected chi connectivity index (χ1v) is 7.72. The van der Waals surface area contributed by atoms with Gasteiger partial charge in [0.2, 0.25) is 5.91 Å². The van der Waals surface area contributed by atoms with Gasteiger partial charge in [-0.05, 0) is 25.2 Å². The lowest BCUT2D eigenvalue weighted by Gasteiger charge is -2.20. The number of rotatable bonds is 7. The highest BCUT2D eigenvalue weighted by atomic mass is 16.5. The Morgan fingerprint density at radius 2 is 2.05 bits per heavy atom. The van der Waals surface area contributed by atoms with E-state index < -0.39 is 0 Å². The maximum atomic E-state index is 12.1. The van der Waals surface area contributed by atoms with E-state index in [0.717, 1.165) is 45.3 Å². The third kappa shape index (κ3) is 6.92. The van der Waals surface area contributed by atoms with Crippen molar-refractivity contribution >= 4 is 5.91 Å². The number of carbonyl (C=O) groups excluding carboxylic acids is 1. The highest BCUT2D eigenvalue weighted by molar-refractivity contribution is 5.79. The molecule has 0 bridgehead atoms. The fraction of sp³-hybridized carbons (Fsp3) is 0.933. The van der Waals surface area contributed by atoms with Crippen molar-refractivity contribution < 1.29 is 9.53 Å². The molecule has 19 heavy (non-hydrogen) atoms. The quantitative estimate of drug-likeness (QED) is 0.550. The maximum Gasteiger partial charge on any atom is 0.224 e. The number of nitrogens with two attached hydrogens (primary N) is 1. The summed E-state index contributed by atoms with van der Waals surface area (Å²) in [5, 5.41) is 3.00. The van der Waals surface area contributed by atoms with Crippen molar-refractivity contribution in [3.05, 3.63) is 0 Å². The van der Waals surface area contributed by atoms with E-state index >= 15 is 0 Å². The van der Waals surface area contributed by atoms with Crippen LogP contribution in [-0.2, 0) is 9.53 Å². The summed E-state index contributed by atoms with van der Waals surface area (Å²) >= 11 is 0. The molecule has 1 rings (SSSR count). The van der Waals surface area contributed by atoms with E-state index in [1.165, 1.54) is 6.42 Å². The summed E-state index contributed by atoms with van der Waals surface area (Å²) in [6.07, 6.45) is 6.30. The standard InChI is InChI=1S/C15H30N2O2/c1-12(2)11-19-10-6-9-17-15(18)13-7-4-3-5-8-14(13)16/h12-14H,3-11,16H2,1-2H3,(H,17,18). The van der Waals surface area contributed by atoms with Crippen molar-refractivity contribution in [2.45, 2.75) is 58.4 Å². The first-order valence-electron chi connectivity index (χ1n) is 7.72. The van der Waals surface area contributed by atoms with Crippen LogP contribution in [0.15, 0.2) is 0 Å². The second kappa shape index (κ2) is 9.32. The van der Waals surface area contributed by atoms with Crippen LogP contribution in [0.1, 0.15) is 52.4 Å². The number of hydrogen-bond acceptors (Lipinski definition) is 3. The van der Waals surface area contributed by atoms with Gasteiger partial charge in [-0.15, -0.1) is 0 Å². The monoisotopic (exact) mass is 270 g/mol. The zero-order valence-electron chi connectivity index (χ0n) is 12.5. The van der Waals surface area contributed by atoms with Crippen LogP contribution in [0.5, 0.6) is 0 Å². The highest BCUT2D eigenvalue weighted by Gasteiger charge is 2.26. The number of carbonyl (C=O) groups is 1. The van der Waals surface area contributed by atoms with Crippen molar-refractivity contribution in [1.29, 1.82) is 0 Å². The Labute approximate surface area is 117 Å². The van der Waals surface area contributed by atoms with E-state index in [2.05, 4.69) is 19.2 Å². The minimum Gasteiger partial charge on any atom is -0.381 e. The predicted octanol–water partition coefficient (Wildman–Crippen LogP) is 2.07. The first-order chi connectivity index (χ1) is 9.11. The van der Waals surface area contributed by atoms with Crippen LogP contribution in [-0.4, -0.2) is 31.7 Å². The van der Waals surface area contributed by atoms with Gasteiger partial charge >= 0.3 is 0 Å². The Morgan fingerprint density at radius 1 is 1.32 bits per heavy atom. The first kappa shape index (κ1) is 16.4. The molecule has 2 atom stereocenters. The number of nitrogens with one attached hydrogen (secondary N) is 1. The van der Waals surface area contributed by atoms with E-state index in [4.69, 9.17) is 10.5 Å². The molecule has 3 N–H and O–H groups in total. The predicted molar refractivity (Wildman–Crippen MR) is 77.8 cm³/mol. The van der Waals surface area contributed by atoms with Crippen LogP contribution in [0.2, 0.25) is 0 Å². The fourth-order valence-electron chi connectivity index (χ4n) is 2.50. The molecule has 0 saturated heterocycles. The number of hydrogen-bond donors (Lipinski definition) is 2. The van der Waals surface area contributed by atoms with Gasteiger partial charge < -0.3 is 15.8 Å². The normalized spacial score (nSPS) is 24.2. The third-order valence-electron chi connectivity index (χ3n) is 3.62. The Kier molecular flexibility index (Phi) is 8.07. The Morgan fingerprint density at radius 3 is 2.79 bits per heavy atom. The number of ether oxygens (including phenoxy) is 1. The lowest BCUT2D eigenvalue weighted by Crippen LogP contribution is -2.41. The second-order valence-corrected chi connectivity index (χ2v) is 6.02. The minimum absolute atomic E-state index is 0.0130. The Bertz CT molecular complexity index is 257. The molecule has 0 aliphatic heterocycles. The van der Waals surface area contributed by atoms with Gasteiger partial charge in [-0.3, -0.25) is 4.79 Å². The van der Waals surface area contributed by atoms with Gasteiger partial charge in [-0.2, -0.15) is 0 Å². The fourth-order valence-corrected chi connectivity index (χ4v) is 2.50. The van der Waals surface area contributed by atoms with Crippen LogP contribution >= 0.6 is 0 Å². The lowest BCUT2D eigenvalue weighted by atomic mass is 9.94. The largest absolute Gasteiger partial charge is 0.381 e. The smallest absolute Gasteiger partial charge is 0.224 e. The zero-order valence-corrected chi connectivity index (χ0v) is 12.5. The molecule has 0 aromatic rings. The summed E-state index contributed by atoms with van der Waals surface area (Å²) in [4.78, 5) is 12.1. The summed E-state index contributed by atoms with van der Waals surface area (Å²) in [7, 11) is 0. The molecule has 1 aliphatic carbocycles. The molecule has 1 amide bonds. The lowest BCUT2D eigenvalue weighted by molar-refractivity contribution is -0.125. The van der Waals surface area contributed by atoms with E-state index in [9.17, 15) is 4.79 Å². The Balaban J connectivity index is 2.12. The van der Waals surface area contributed by atoms with Gasteiger partial charge in [0.15, 0.2) is 0 Å². The van der Waals surface area contributed by atoms with Crippen molar-refractivity contribution in [1.82, 2.24) is 5.32 Å². The van der Waals surface area contributed by atoms with E-state index in [-0.39, 0.29) is 17.9 Å². The highest BCUT2D eigenvalue weighted by Crippen LogP contribution is 2.22. The van der Waals surface area contributed by atoms with Gasteiger partial charge in [-0.25, -0.2) is 0 Å². The second-order valence-electron chi connectivity index (χ2n) is 6.02. The van der Waals surface area contributed by atoms with Crippen molar-refractivity contribution in [3.8, 4) is 0 Å². The summed E-state index contributed by atoms with van der Waals surface area (Å²) < 4.78 is 5.49. The number of amides is 1. The molecular weight excluding hydrogens is 240 g/mol. The van der Waals surface area contributed by atoms with Gasteiger partial charge in [0.25, 0.3) is 0 Å². The molecule has 4 nitrogen and oxygen atoms in total. The van der Waals surface area contributed by atoms with Crippen molar-refractivity contribution in [3.63, 3.8) is 0 Å². The Hall–Kier alpha value is -0.610. The molecule has 0 aromatic heterocycles. The molecule has 2 unspecified atom stereocenters. The van der Waals surface area contributed by atoms with Crippen LogP contribution in [0, 0.1) is 11.8 Å². The molecule has 0 aromatic carbocycles. The van der Waals surface area contributed by atoms with Crippen LogP contribution < -0.4 is 11.1 Å². The summed E-state index contributed by atoms with van der Waals surface area (Å²) in [6.45, 7) is 6.47. The molecule has 112 valence electrons. The molecule has 1 saturated carbocycles. The van der Waals surface area contributed by atoms with Crippen molar-refractivity contribution in [2.75, 3.05) is 19.8 Å². The topological polar surface area (TPSA) is 64.3 Å². The van der Waals surface area contributed by atoms with Gasteiger partial charge in [-0.1, -0.05) is 33.1 Å². The van der Waals surface area contributed by atoms with Crippen LogP contribution in [0.4, 0.5) is 0 Å². The molecule has 1 fully saturated rings. The molecule has 0 spiro atoms. The van der Waals surface area contributed by atoms with Crippen LogP contribution in [0.25, 0.3) is 0 Å². The summed E-state index contributed by atoms with van der Waals surface area (Å²) in [5.74, 6) is 0.718. The van der Waals surface area contributed by atoms with Gasteiger partial charge in [0.05, 0.1) is 5.92 Å². The van der Waals surface area contributed by atoms with Gasteiger partial charge in [0, 0.05) is 25.8 Å². The average Bonchev–Trinajstić information content (AvgIpc) is 2.57. The zero-order chi connectivity index (χ0) is 14.1. The van der Waals surface area contributed by atoms with E-state index in [1.807, 2.05) is 0 Å². The summed E-state index contributed by atoms with van der Waals surface area (Å²) in [5.41, 5.74) is 6.08. The van der Waals surface area contributed by atoms with Crippen molar-refractivity contribution in [2.24, 2.45) is 17.6 Å². The molecule has 1 aliphatic rings. The van der Waals surface area contributed by atoms with Crippen LogP contribution in [0.3, 0.4) is 0 Å². The summed E-state index contributed by atoms with van der Waals surface area (Å²) in [6, 6.07) is 0.0414. The minimum atomic E-state index is 0.0130. The molecular formula is C15H30N2O2. The molecule has 4 heteroatoms. The molecule has 0 heterocycles. The van der Waals surface area contributed by atoms with E-state index in [1.54, 1.807) is 0 Å². The molecule has 0 radical (unpaired) electrons. The third-order valence-corrected chi connectivity index (χ3v) is 3.62. The van der Waals surface area contributed by atoms with Gasteiger partial charge in [0.1, 0.15) is 0 Å².